The fourth-order valence-electron chi connectivity index (χ4n) is 2.86. The monoisotopic (exact) mass is 293 g/mol. The Kier molecular flexibility index (Phi) is 6.20. The molecule has 1 aliphatic rings. The molecule has 2 rings (SSSR count). The summed E-state index contributed by atoms with van der Waals surface area (Å²) in [5, 5.41) is 0. The van der Waals surface area contributed by atoms with E-state index in [-0.39, 0.29) is 0 Å². The Morgan fingerprint density at radius 2 is 2.10 bits per heavy atom. The van der Waals surface area contributed by atoms with Crippen molar-refractivity contribution in [3.63, 3.8) is 0 Å². The van der Waals surface area contributed by atoms with Crippen LogP contribution in [-0.4, -0.2) is 30.2 Å². The maximum absolute atomic E-state index is 5.50. The standard InChI is InChI=1S/C15H27N5O/c1-3-21-11-14-17-13(19-16)9-15(18-14)20(2)10-12-7-5-4-6-8-12/h9,12H,3-8,10-11,16H2,1-2H3,(H,17,18,19). The van der Waals surface area contributed by atoms with Crippen molar-refractivity contribution in [3.05, 3.63) is 11.9 Å². The van der Waals surface area contributed by atoms with Crippen LogP contribution in [0.1, 0.15) is 44.9 Å². The number of hydrazine groups is 1. The molecule has 0 atom stereocenters. The molecule has 21 heavy (non-hydrogen) atoms. The van der Waals surface area contributed by atoms with E-state index in [1.54, 1.807) is 0 Å². The van der Waals surface area contributed by atoms with Gasteiger partial charge in [-0.25, -0.2) is 15.8 Å². The van der Waals surface area contributed by atoms with E-state index in [4.69, 9.17) is 10.6 Å². The average Bonchev–Trinajstić information content (AvgIpc) is 2.53. The lowest BCUT2D eigenvalue weighted by molar-refractivity contribution is 0.128. The van der Waals surface area contributed by atoms with Crippen LogP contribution in [0.5, 0.6) is 0 Å². The fourth-order valence-corrected chi connectivity index (χ4v) is 2.86. The fraction of sp³-hybridized carbons (Fsp3) is 0.733. The molecule has 0 amide bonds. The first kappa shape index (κ1) is 16.0. The van der Waals surface area contributed by atoms with Crippen LogP contribution < -0.4 is 16.2 Å². The Balaban J connectivity index is 2.05. The summed E-state index contributed by atoms with van der Waals surface area (Å²) in [6, 6.07) is 1.89. The molecule has 1 aromatic rings. The van der Waals surface area contributed by atoms with Gasteiger partial charge in [0.1, 0.15) is 18.2 Å². The van der Waals surface area contributed by atoms with Crippen molar-refractivity contribution in [2.75, 3.05) is 30.5 Å². The number of aromatic nitrogens is 2. The van der Waals surface area contributed by atoms with E-state index >= 15 is 0 Å². The molecule has 0 spiro atoms. The lowest BCUT2D eigenvalue weighted by atomic mass is 9.89. The third-order valence-corrected chi connectivity index (χ3v) is 3.99. The molecule has 6 heteroatoms. The first-order valence-corrected chi connectivity index (χ1v) is 7.86. The van der Waals surface area contributed by atoms with Gasteiger partial charge in [-0.2, -0.15) is 0 Å². The Bertz CT molecular complexity index is 434. The Hall–Kier alpha value is -1.40. The normalized spacial score (nSPS) is 16.0. The Morgan fingerprint density at radius 3 is 2.76 bits per heavy atom. The Morgan fingerprint density at radius 1 is 1.33 bits per heavy atom. The number of hydrogen-bond donors (Lipinski definition) is 2. The molecule has 1 heterocycles. The Labute approximate surface area is 127 Å². The van der Waals surface area contributed by atoms with Crippen molar-refractivity contribution in [1.29, 1.82) is 0 Å². The lowest BCUT2D eigenvalue weighted by Crippen LogP contribution is -2.28. The molecule has 3 N–H and O–H groups in total. The van der Waals surface area contributed by atoms with Gasteiger partial charge in [0.2, 0.25) is 0 Å². The summed E-state index contributed by atoms with van der Waals surface area (Å²) in [6.07, 6.45) is 6.74. The predicted molar refractivity (Wildman–Crippen MR) is 85.0 cm³/mol. The van der Waals surface area contributed by atoms with Crippen LogP contribution in [0, 0.1) is 5.92 Å². The summed E-state index contributed by atoms with van der Waals surface area (Å²) >= 11 is 0. The highest BCUT2D eigenvalue weighted by atomic mass is 16.5. The van der Waals surface area contributed by atoms with Crippen molar-refractivity contribution in [2.24, 2.45) is 11.8 Å². The molecule has 0 bridgehead atoms. The molecule has 1 aromatic heterocycles. The summed E-state index contributed by atoms with van der Waals surface area (Å²) in [6.45, 7) is 4.06. The summed E-state index contributed by atoms with van der Waals surface area (Å²) < 4.78 is 5.39. The molecular weight excluding hydrogens is 266 g/mol. The summed E-state index contributed by atoms with van der Waals surface area (Å²) in [4.78, 5) is 11.1. The number of hydrogen-bond acceptors (Lipinski definition) is 6. The van der Waals surface area contributed by atoms with Crippen LogP contribution in [0.3, 0.4) is 0 Å². The van der Waals surface area contributed by atoms with E-state index in [1.165, 1.54) is 32.1 Å². The largest absolute Gasteiger partial charge is 0.374 e. The molecule has 0 aromatic carbocycles. The van der Waals surface area contributed by atoms with Gasteiger partial charge in [-0.05, 0) is 25.7 Å². The van der Waals surface area contributed by atoms with Crippen molar-refractivity contribution >= 4 is 11.6 Å². The minimum absolute atomic E-state index is 0.413. The summed E-state index contributed by atoms with van der Waals surface area (Å²) in [5.41, 5.74) is 2.61. The molecule has 6 nitrogen and oxygen atoms in total. The number of nitrogens with one attached hydrogen (secondary N) is 1. The second-order valence-electron chi connectivity index (χ2n) is 5.69. The van der Waals surface area contributed by atoms with E-state index in [2.05, 4.69) is 27.3 Å². The van der Waals surface area contributed by atoms with E-state index in [1.807, 2.05) is 13.0 Å². The van der Waals surface area contributed by atoms with E-state index in [0.717, 1.165) is 18.3 Å². The molecule has 0 saturated heterocycles. The molecule has 1 aliphatic carbocycles. The average molecular weight is 293 g/mol. The molecule has 0 unspecified atom stereocenters. The maximum atomic E-state index is 5.50. The zero-order valence-corrected chi connectivity index (χ0v) is 13.1. The third kappa shape index (κ3) is 4.82. The number of nitrogens with zero attached hydrogens (tertiary/aromatic N) is 3. The quantitative estimate of drug-likeness (QED) is 0.593. The number of nitrogen functional groups attached to an aromatic ring is 1. The van der Waals surface area contributed by atoms with Gasteiger partial charge in [0.15, 0.2) is 5.82 Å². The summed E-state index contributed by atoms with van der Waals surface area (Å²) in [7, 11) is 2.09. The number of anilines is 2. The van der Waals surface area contributed by atoms with Gasteiger partial charge in [-0.15, -0.1) is 0 Å². The minimum Gasteiger partial charge on any atom is -0.374 e. The molecule has 1 saturated carbocycles. The smallest absolute Gasteiger partial charge is 0.158 e. The molecule has 1 fully saturated rings. The van der Waals surface area contributed by atoms with E-state index < -0.39 is 0 Å². The number of ether oxygens (including phenoxy) is 1. The highest BCUT2D eigenvalue weighted by Gasteiger charge is 2.17. The predicted octanol–water partition coefficient (Wildman–Crippen LogP) is 2.32. The van der Waals surface area contributed by atoms with Crippen molar-refractivity contribution < 1.29 is 4.74 Å². The zero-order valence-electron chi connectivity index (χ0n) is 13.1. The second kappa shape index (κ2) is 8.14. The highest BCUT2D eigenvalue weighted by molar-refractivity contribution is 5.48. The second-order valence-corrected chi connectivity index (χ2v) is 5.69. The van der Waals surface area contributed by atoms with Gasteiger partial charge in [-0.1, -0.05) is 19.3 Å². The summed E-state index contributed by atoms with van der Waals surface area (Å²) in [5.74, 6) is 8.46. The number of rotatable bonds is 7. The van der Waals surface area contributed by atoms with Crippen molar-refractivity contribution in [2.45, 2.75) is 45.6 Å². The van der Waals surface area contributed by atoms with Crippen LogP contribution in [0.2, 0.25) is 0 Å². The topological polar surface area (TPSA) is 76.3 Å². The van der Waals surface area contributed by atoms with E-state index in [0.29, 0.717) is 24.9 Å². The zero-order chi connectivity index (χ0) is 15.1. The van der Waals surface area contributed by atoms with Crippen LogP contribution in [0.4, 0.5) is 11.6 Å². The van der Waals surface area contributed by atoms with Crippen LogP contribution in [0.15, 0.2) is 6.07 Å². The molecule has 118 valence electrons. The number of nitrogens with two attached hydrogens (primary N) is 1. The van der Waals surface area contributed by atoms with Crippen LogP contribution in [-0.2, 0) is 11.3 Å². The van der Waals surface area contributed by atoms with Gasteiger partial charge >= 0.3 is 0 Å². The van der Waals surface area contributed by atoms with Crippen molar-refractivity contribution in [1.82, 2.24) is 9.97 Å². The first-order chi connectivity index (χ1) is 10.2. The first-order valence-electron chi connectivity index (χ1n) is 7.86. The van der Waals surface area contributed by atoms with Crippen LogP contribution >= 0.6 is 0 Å². The molecular formula is C15H27N5O. The molecule has 0 radical (unpaired) electrons. The highest BCUT2D eigenvalue weighted by Crippen LogP contribution is 2.25. The van der Waals surface area contributed by atoms with Gasteiger partial charge in [0, 0.05) is 26.3 Å². The lowest BCUT2D eigenvalue weighted by Gasteiger charge is -2.28. The molecule has 0 aliphatic heterocycles. The SMILES string of the molecule is CCOCc1nc(NN)cc(N(C)CC2CCCCC2)n1. The van der Waals surface area contributed by atoms with E-state index in [9.17, 15) is 0 Å². The maximum Gasteiger partial charge on any atom is 0.158 e. The minimum atomic E-state index is 0.413. The van der Waals surface area contributed by atoms with Gasteiger partial charge in [0.25, 0.3) is 0 Å². The van der Waals surface area contributed by atoms with Gasteiger partial charge in [-0.3, -0.25) is 0 Å². The third-order valence-electron chi connectivity index (χ3n) is 3.99. The van der Waals surface area contributed by atoms with Gasteiger partial charge < -0.3 is 15.1 Å². The van der Waals surface area contributed by atoms with Crippen molar-refractivity contribution in [3.8, 4) is 0 Å². The van der Waals surface area contributed by atoms with Crippen LogP contribution in [0.25, 0.3) is 0 Å². The van der Waals surface area contributed by atoms with Gasteiger partial charge in [0.05, 0.1) is 0 Å².